The summed E-state index contributed by atoms with van der Waals surface area (Å²) in [6.45, 7) is 1.79. The van der Waals surface area contributed by atoms with E-state index in [4.69, 9.17) is 27.9 Å². The molecular formula is C12H9Cl2NO2. The third kappa shape index (κ3) is 2.21. The summed E-state index contributed by atoms with van der Waals surface area (Å²) < 4.78 is 4.73. The summed E-state index contributed by atoms with van der Waals surface area (Å²) >= 11 is 12.0. The lowest BCUT2D eigenvalue weighted by molar-refractivity contribution is 0.0603. The maximum atomic E-state index is 11.7. The molecule has 0 bridgehead atoms. The van der Waals surface area contributed by atoms with Gasteiger partial charge in [-0.25, -0.2) is 4.79 Å². The fourth-order valence-electron chi connectivity index (χ4n) is 1.69. The van der Waals surface area contributed by atoms with Gasteiger partial charge in [-0.1, -0.05) is 23.2 Å². The Kier molecular flexibility index (Phi) is 3.22. The highest BCUT2D eigenvalue weighted by atomic mass is 35.5. The zero-order valence-electron chi connectivity index (χ0n) is 9.25. The second-order valence-electron chi connectivity index (χ2n) is 3.58. The second kappa shape index (κ2) is 4.51. The summed E-state index contributed by atoms with van der Waals surface area (Å²) in [6, 6.07) is 4.89. The van der Waals surface area contributed by atoms with Crippen molar-refractivity contribution in [3.8, 4) is 0 Å². The van der Waals surface area contributed by atoms with Gasteiger partial charge in [-0.05, 0) is 25.1 Å². The van der Waals surface area contributed by atoms with E-state index in [0.717, 1.165) is 0 Å². The first-order chi connectivity index (χ1) is 8.02. The number of ether oxygens (including phenoxy) is 1. The summed E-state index contributed by atoms with van der Waals surface area (Å²) in [5.41, 5.74) is 1.69. The van der Waals surface area contributed by atoms with Crippen LogP contribution in [0.4, 0.5) is 0 Å². The van der Waals surface area contributed by atoms with Gasteiger partial charge in [0.2, 0.25) is 0 Å². The van der Waals surface area contributed by atoms with Gasteiger partial charge < -0.3 is 4.74 Å². The molecule has 0 radical (unpaired) electrons. The van der Waals surface area contributed by atoms with E-state index < -0.39 is 5.97 Å². The molecule has 0 aliphatic carbocycles. The van der Waals surface area contributed by atoms with Crippen LogP contribution in [0, 0.1) is 6.92 Å². The van der Waals surface area contributed by atoms with Gasteiger partial charge >= 0.3 is 5.97 Å². The van der Waals surface area contributed by atoms with E-state index in [1.54, 1.807) is 25.1 Å². The molecule has 0 spiro atoms. The van der Waals surface area contributed by atoms with Gasteiger partial charge in [0.1, 0.15) is 0 Å². The summed E-state index contributed by atoms with van der Waals surface area (Å²) in [4.78, 5) is 16.0. The lowest BCUT2D eigenvalue weighted by Gasteiger charge is -2.08. The summed E-state index contributed by atoms with van der Waals surface area (Å²) in [5, 5.41) is 1.44. The van der Waals surface area contributed by atoms with Crippen LogP contribution in [0.25, 0.3) is 10.9 Å². The first-order valence-corrected chi connectivity index (χ1v) is 5.63. The number of esters is 1. The highest BCUT2D eigenvalue weighted by Crippen LogP contribution is 2.30. The number of methoxy groups -OCH3 is 1. The molecule has 2 rings (SSSR count). The number of hydrogen-bond donors (Lipinski definition) is 0. The molecule has 1 aromatic heterocycles. The second-order valence-corrected chi connectivity index (χ2v) is 4.43. The third-order valence-electron chi connectivity index (χ3n) is 2.36. The third-order valence-corrected chi connectivity index (χ3v) is 2.88. The number of rotatable bonds is 1. The topological polar surface area (TPSA) is 39.2 Å². The Morgan fingerprint density at radius 1 is 1.29 bits per heavy atom. The number of pyridine rings is 1. The molecule has 0 N–H and O–H groups in total. The highest BCUT2D eigenvalue weighted by Gasteiger charge is 2.15. The summed E-state index contributed by atoms with van der Waals surface area (Å²) in [6.07, 6.45) is 0. The van der Waals surface area contributed by atoms with Crippen LogP contribution >= 0.6 is 23.2 Å². The molecule has 2 aromatic rings. The van der Waals surface area contributed by atoms with Crippen molar-refractivity contribution in [3.63, 3.8) is 0 Å². The predicted octanol–water partition coefficient (Wildman–Crippen LogP) is 3.64. The van der Waals surface area contributed by atoms with Crippen LogP contribution in [0.2, 0.25) is 10.0 Å². The van der Waals surface area contributed by atoms with Crippen molar-refractivity contribution in [3.05, 3.63) is 39.5 Å². The molecule has 0 aliphatic rings. The van der Waals surface area contributed by atoms with E-state index in [0.29, 0.717) is 32.2 Å². The molecule has 0 amide bonds. The SMILES string of the molecule is COC(=O)c1cc(C)nc2cc(Cl)cc(Cl)c12. The van der Waals surface area contributed by atoms with Crippen molar-refractivity contribution in [2.75, 3.05) is 7.11 Å². The lowest BCUT2D eigenvalue weighted by Crippen LogP contribution is -2.04. The largest absolute Gasteiger partial charge is 0.465 e. The molecule has 5 heteroatoms. The van der Waals surface area contributed by atoms with Crippen LogP contribution in [0.1, 0.15) is 16.1 Å². The smallest absolute Gasteiger partial charge is 0.338 e. The minimum absolute atomic E-state index is 0.389. The van der Waals surface area contributed by atoms with Gasteiger partial charge in [0, 0.05) is 16.1 Å². The first kappa shape index (κ1) is 12.1. The lowest BCUT2D eigenvalue weighted by atomic mass is 10.1. The van der Waals surface area contributed by atoms with E-state index in [2.05, 4.69) is 4.98 Å². The Morgan fingerprint density at radius 3 is 2.65 bits per heavy atom. The molecule has 1 aromatic carbocycles. The molecule has 0 saturated heterocycles. The van der Waals surface area contributed by atoms with Gasteiger partial charge in [0.15, 0.2) is 0 Å². The normalized spacial score (nSPS) is 10.6. The van der Waals surface area contributed by atoms with E-state index in [9.17, 15) is 4.79 Å². The maximum absolute atomic E-state index is 11.7. The summed E-state index contributed by atoms with van der Waals surface area (Å²) in [7, 11) is 1.33. The van der Waals surface area contributed by atoms with Crippen molar-refractivity contribution in [2.24, 2.45) is 0 Å². The van der Waals surface area contributed by atoms with Crippen LogP contribution < -0.4 is 0 Å². The van der Waals surface area contributed by atoms with Crippen molar-refractivity contribution in [1.29, 1.82) is 0 Å². The Hall–Kier alpha value is -1.32. The molecule has 0 atom stereocenters. The molecule has 17 heavy (non-hydrogen) atoms. The molecule has 0 aliphatic heterocycles. The van der Waals surface area contributed by atoms with Gasteiger partial charge in [-0.3, -0.25) is 4.98 Å². The van der Waals surface area contributed by atoms with Crippen LogP contribution in [-0.4, -0.2) is 18.1 Å². The van der Waals surface area contributed by atoms with Crippen LogP contribution in [0.5, 0.6) is 0 Å². The van der Waals surface area contributed by atoms with Crippen molar-refractivity contribution in [1.82, 2.24) is 4.98 Å². The quantitative estimate of drug-likeness (QED) is 0.742. The number of carbonyl (C=O) groups is 1. The Morgan fingerprint density at radius 2 is 2.00 bits per heavy atom. The average Bonchev–Trinajstić information content (AvgIpc) is 2.25. The number of nitrogens with zero attached hydrogens (tertiary/aromatic N) is 1. The summed E-state index contributed by atoms with van der Waals surface area (Å²) in [5.74, 6) is -0.440. The zero-order valence-corrected chi connectivity index (χ0v) is 10.8. The fraction of sp³-hybridized carbons (Fsp3) is 0.167. The Balaban J connectivity index is 2.87. The van der Waals surface area contributed by atoms with E-state index in [1.807, 2.05) is 0 Å². The number of halogens is 2. The van der Waals surface area contributed by atoms with Gasteiger partial charge in [0.05, 0.1) is 23.2 Å². The Labute approximate surface area is 108 Å². The molecule has 88 valence electrons. The van der Waals surface area contributed by atoms with Gasteiger partial charge in [-0.2, -0.15) is 0 Å². The van der Waals surface area contributed by atoms with Crippen molar-refractivity contribution in [2.45, 2.75) is 6.92 Å². The zero-order chi connectivity index (χ0) is 12.6. The molecule has 0 fully saturated rings. The average molecular weight is 270 g/mol. The van der Waals surface area contributed by atoms with Crippen LogP contribution in [-0.2, 0) is 4.74 Å². The predicted molar refractivity (Wildman–Crippen MR) is 67.8 cm³/mol. The highest BCUT2D eigenvalue weighted by molar-refractivity contribution is 6.39. The molecule has 1 heterocycles. The number of fused-ring (bicyclic) bond motifs is 1. The minimum atomic E-state index is -0.440. The number of aryl methyl sites for hydroxylation is 1. The van der Waals surface area contributed by atoms with E-state index >= 15 is 0 Å². The standard InChI is InChI=1S/C12H9Cl2NO2/c1-6-3-8(12(16)17-2)11-9(14)4-7(13)5-10(11)15-6/h3-5H,1-2H3. The van der Waals surface area contributed by atoms with E-state index in [1.165, 1.54) is 7.11 Å². The molecule has 0 saturated carbocycles. The molecule has 3 nitrogen and oxygen atoms in total. The maximum Gasteiger partial charge on any atom is 0.338 e. The Bertz CT molecular complexity index is 606. The molecule has 0 unspecified atom stereocenters. The number of hydrogen-bond acceptors (Lipinski definition) is 3. The first-order valence-electron chi connectivity index (χ1n) is 4.87. The van der Waals surface area contributed by atoms with E-state index in [-0.39, 0.29) is 0 Å². The molecular weight excluding hydrogens is 261 g/mol. The number of carbonyl (C=O) groups excluding carboxylic acids is 1. The van der Waals surface area contributed by atoms with Crippen molar-refractivity contribution >= 4 is 40.1 Å². The van der Waals surface area contributed by atoms with Gasteiger partial charge in [-0.15, -0.1) is 0 Å². The van der Waals surface area contributed by atoms with Crippen molar-refractivity contribution < 1.29 is 9.53 Å². The van der Waals surface area contributed by atoms with Crippen LogP contribution in [0.15, 0.2) is 18.2 Å². The monoisotopic (exact) mass is 269 g/mol. The van der Waals surface area contributed by atoms with Crippen LogP contribution in [0.3, 0.4) is 0 Å². The number of aromatic nitrogens is 1. The number of benzene rings is 1. The fourth-order valence-corrected chi connectivity index (χ4v) is 2.27. The minimum Gasteiger partial charge on any atom is -0.465 e. The van der Waals surface area contributed by atoms with Gasteiger partial charge in [0.25, 0.3) is 0 Å².